The van der Waals surface area contributed by atoms with Crippen molar-refractivity contribution < 1.29 is 29.6 Å². The zero-order chi connectivity index (χ0) is 34.9. The summed E-state index contributed by atoms with van der Waals surface area (Å²) in [6.07, 6.45) is -0.752. The maximum Gasteiger partial charge on any atom is 0.252 e. The Bertz CT molecular complexity index is 2010. The Balaban J connectivity index is 1.99. The number of nitrogens with one attached hydrogen (secondary N) is 2. The molecule has 2 heterocycles. The number of rotatable bonds is 5. The van der Waals surface area contributed by atoms with Crippen LogP contribution in [-0.4, -0.2) is 28.1 Å². The van der Waals surface area contributed by atoms with Gasteiger partial charge in [0.25, 0.3) is 5.91 Å². The van der Waals surface area contributed by atoms with E-state index in [-0.39, 0.29) is 16.9 Å². The van der Waals surface area contributed by atoms with Gasteiger partial charge in [0.1, 0.15) is 0 Å². The van der Waals surface area contributed by atoms with Crippen LogP contribution in [0, 0.1) is 0 Å². The van der Waals surface area contributed by atoms with Crippen molar-refractivity contribution in [3.63, 3.8) is 0 Å². The number of hydrogen-bond donors (Lipinski definition) is 2. The molecule has 0 bridgehead atoms. The van der Waals surface area contributed by atoms with E-state index in [4.69, 9.17) is 24.8 Å². The summed E-state index contributed by atoms with van der Waals surface area (Å²) in [5.41, 5.74) is -2.71. The minimum atomic E-state index is -3.33. The predicted octanol–water partition coefficient (Wildman–Crippen LogP) is 4.64. The summed E-state index contributed by atoms with van der Waals surface area (Å²) in [5.74, 6) is -1.65. The number of aromatic amines is 1. The van der Waals surface area contributed by atoms with Gasteiger partial charge in [-0.2, -0.15) is 5.10 Å². The Morgan fingerprint density at radius 1 is 1.29 bits per heavy atom. The first-order chi connectivity index (χ1) is 21.1. The van der Waals surface area contributed by atoms with Gasteiger partial charge in [-0.05, 0) is 54.4 Å². The fourth-order valence-corrected chi connectivity index (χ4v) is 2.80. The van der Waals surface area contributed by atoms with Gasteiger partial charge in [-0.1, -0.05) is 29.9 Å². The van der Waals surface area contributed by atoms with Gasteiger partial charge in [0.05, 0.1) is 40.3 Å². The van der Waals surface area contributed by atoms with Crippen LogP contribution in [0.4, 0.5) is 0 Å². The van der Waals surface area contributed by atoms with Crippen LogP contribution >= 0.6 is 11.8 Å². The van der Waals surface area contributed by atoms with Crippen LogP contribution in [0.15, 0.2) is 76.4 Å². The van der Waals surface area contributed by atoms with Crippen LogP contribution in [0.1, 0.15) is 43.7 Å². The average Bonchev–Trinajstić information content (AvgIpc) is 3.35. The molecule has 2 N–H and O–H groups in total. The maximum absolute atomic E-state index is 13.0. The standard InChI is InChI=1S/C22H18N4OS/c1-23-22(27)18-7-2-3-8-21(18)28-16-10-11-17-19(25-26-20(17)14-16)12-9-15-6-4-5-13-24-15/h2-14H,1H3,(H,23,27)(H,25,26)/b12-9+/i1D3,2D,3D,4D,5D,6D,7D,8D,9D,10D,11D,12D,13D,14D/hD2. The largest absolute Gasteiger partial charge is 0.355 e. The summed E-state index contributed by atoms with van der Waals surface area (Å²) in [6, 6.07) is -9.93. The SMILES string of the molecule is [2H]/C(=C(/[2H])c1nn([2H])c2c([2H])c(Sc3c([2H])c([2H])c([2H])c([2H])c3C(=O)N([2H])C([2H])([2H])[2H])c([2H])c([2H])c12)c1nc([2H])c([2H])c([2H])c1[2H]. The summed E-state index contributed by atoms with van der Waals surface area (Å²) in [5, 5.41) is 3.15. The highest BCUT2D eigenvalue weighted by molar-refractivity contribution is 7.99. The van der Waals surface area contributed by atoms with E-state index < -0.39 is 135 Å². The molecule has 0 unspecified atom stereocenters. The molecule has 5 nitrogen and oxygen atoms in total. The molecule has 0 fully saturated rings. The van der Waals surface area contributed by atoms with E-state index in [1.165, 1.54) is 0 Å². The second-order valence-electron chi connectivity index (χ2n) is 4.90. The number of carbonyl (C=O) groups is 1. The lowest BCUT2D eigenvalue weighted by Gasteiger charge is -2.08. The third-order valence-corrected chi connectivity index (χ3v) is 4.11. The van der Waals surface area contributed by atoms with Gasteiger partial charge >= 0.3 is 0 Å². The van der Waals surface area contributed by atoms with Crippen molar-refractivity contribution in [3.05, 3.63) is 83.5 Å². The Hall–Kier alpha value is -3.38. The molecule has 2 aromatic heterocycles. The normalized spacial score (nSPS) is 21.4. The molecule has 1 amide bonds. The molecular weight excluding hydrogens is 368 g/mol. The summed E-state index contributed by atoms with van der Waals surface area (Å²) < 4.78 is 145. The topological polar surface area (TPSA) is 70.7 Å². The maximum atomic E-state index is 13.0. The lowest BCUT2D eigenvalue weighted by molar-refractivity contribution is 0.0960. The Morgan fingerprint density at radius 2 is 2.18 bits per heavy atom. The molecule has 0 spiro atoms. The van der Waals surface area contributed by atoms with E-state index >= 15 is 0 Å². The van der Waals surface area contributed by atoms with Gasteiger partial charge in [0.2, 0.25) is 0 Å². The van der Waals surface area contributed by atoms with Crippen molar-refractivity contribution >= 4 is 40.7 Å². The highest BCUT2D eigenvalue weighted by atomic mass is 32.2. The number of aromatic nitrogens is 3. The molecule has 0 saturated carbocycles. The second-order valence-corrected chi connectivity index (χ2v) is 5.92. The Morgan fingerprint density at radius 3 is 3.11 bits per heavy atom. The predicted molar refractivity (Wildman–Crippen MR) is 113 cm³/mol. The molecule has 0 atom stereocenters. The number of benzene rings is 2. The number of amides is 1. The Kier molecular flexibility index (Phi) is 1.91. The first kappa shape index (κ1) is 6.60. The van der Waals surface area contributed by atoms with E-state index in [9.17, 15) is 4.79 Å². The summed E-state index contributed by atoms with van der Waals surface area (Å²) in [4.78, 5) is 15.4. The van der Waals surface area contributed by atoms with Gasteiger partial charge in [0.15, 0.2) is 2.82 Å². The van der Waals surface area contributed by atoms with Gasteiger partial charge < -0.3 is 5.31 Å². The molecule has 0 aliphatic carbocycles. The van der Waals surface area contributed by atoms with E-state index in [2.05, 4.69) is 10.1 Å². The van der Waals surface area contributed by atoms with Crippen molar-refractivity contribution in [1.29, 1.82) is 0 Å². The van der Waals surface area contributed by atoms with Crippen LogP contribution < -0.4 is 5.31 Å². The van der Waals surface area contributed by atoms with Crippen molar-refractivity contribution in [2.75, 3.05) is 6.98 Å². The number of hydrogen-bond acceptors (Lipinski definition) is 4. The van der Waals surface area contributed by atoms with Gasteiger partial charge in [-0.25, -0.2) is 0 Å². The molecule has 4 aromatic rings. The quantitative estimate of drug-likeness (QED) is 0.508. The summed E-state index contributed by atoms with van der Waals surface area (Å²) in [6.45, 7) is -3.33. The highest BCUT2D eigenvalue weighted by Gasteiger charge is 2.11. The van der Waals surface area contributed by atoms with Crippen LogP contribution in [0.2, 0.25) is 2.82 Å². The zero-order valence-electron chi connectivity index (χ0n) is 31.6. The number of carbonyl (C=O) groups excluding carboxylic acids is 1. The summed E-state index contributed by atoms with van der Waals surface area (Å²) in [7, 11) is 0. The minimum absolute atomic E-state index is 0.218. The van der Waals surface area contributed by atoms with Crippen LogP contribution in [0.3, 0.4) is 0 Å². The van der Waals surface area contributed by atoms with Gasteiger partial charge in [-0.15, -0.1) is 0 Å². The molecule has 6 heteroatoms. The zero-order valence-corrected chi connectivity index (χ0v) is 14.4. The Labute approximate surface area is 192 Å². The fourth-order valence-electron chi connectivity index (χ4n) is 2.01. The van der Waals surface area contributed by atoms with Crippen LogP contribution in [0.25, 0.3) is 23.0 Å². The van der Waals surface area contributed by atoms with Crippen LogP contribution in [-0.2, 0) is 0 Å². The molecule has 28 heavy (non-hydrogen) atoms. The van der Waals surface area contributed by atoms with Crippen molar-refractivity contribution in [2.45, 2.75) is 9.79 Å². The number of pyridine rings is 1. The van der Waals surface area contributed by atoms with Crippen molar-refractivity contribution in [2.24, 2.45) is 0 Å². The number of nitrogens with zero attached hydrogens (tertiary/aromatic N) is 2. The summed E-state index contributed by atoms with van der Waals surface area (Å²) >= 11 is 0.218. The van der Waals surface area contributed by atoms with Crippen LogP contribution in [0.5, 0.6) is 0 Å². The van der Waals surface area contributed by atoms with E-state index in [0.29, 0.717) is 0 Å². The second kappa shape index (κ2) is 8.10. The van der Waals surface area contributed by atoms with Gasteiger partial charge in [0, 0.05) is 32.4 Å². The average molecular weight is 405 g/mol. The molecule has 2 aromatic carbocycles. The van der Waals surface area contributed by atoms with E-state index in [1.54, 1.807) is 0 Å². The molecule has 0 saturated heterocycles. The molecule has 0 aliphatic rings. The minimum Gasteiger partial charge on any atom is -0.355 e. The van der Waals surface area contributed by atoms with E-state index in [0.717, 1.165) is 0 Å². The fraction of sp³-hybridized carbons (Fsp3) is 0.0455. The van der Waals surface area contributed by atoms with Gasteiger partial charge in [-0.3, -0.25) is 14.9 Å². The third-order valence-electron chi connectivity index (χ3n) is 3.20. The molecule has 138 valence electrons. The lowest BCUT2D eigenvalue weighted by Crippen LogP contribution is -2.18. The number of fused-ring (bicyclic) bond motifs is 1. The van der Waals surface area contributed by atoms with E-state index in [1.807, 2.05) is 0 Å². The molecular formula is C22H18N4OS. The monoisotopic (exact) mass is 404 g/mol. The molecule has 0 aliphatic heterocycles. The first-order valence-electron chi connectivity index (χ1n) is 16.3. The smallest absolute Gasteiger partial charge is 0.252 e. The molecule has 4 rings (SSSR count). The third kappa shape index (κ3) is 3.82. The van der Waals surface area contributed by atoms with Crippen molar-refractivity contribution in [1.82, 2.24) is 20.5 Å². The van der Waals surface area contributed by atoms with Crippen molar-refractivity contribution in [3.8, 4) is 0 Å². The number of H-pyrrole nitrogens is 1. The lowest BCUT2D eigenvalue weighted by atomic mass is 10.2. The first-order valence-corrected chi connectivity index (χ1v) is 8.22. The highest BCUT2D eigenvalue weighted by Crippen LogP contribution is 2.32. The molecule has 0 radical (unpaired) electrons.